The van der Waals surface area contributed by atoms with E-state index in [9.17, 15) is 0 Å². The SMILES string of the molecule is COc1ccc2c(c1)C(NCCCSC)CC2. The van der Waals surface area contributed by atoms with Crippen molar-refractivity contribution >= 4 is 11.8 Å². The van der Waals surface area contributed by atoms with Crippen LogP contribution in [0.25, 0.3) is 0 Å². The Morgan fingerprint density at radius 2 is 2.35 bits per heavy atom. The number of hydrogen-bond donors (Lipinski definition) is 1. The summed E-state index contributed by atoms with van der Waals surface area (Å²) < 4.78 is 5.30. The molecule has 1 aliphatic rings. The lowest BCUT2D eigenvalue weighted by Crippen LogP contribution is -2.20. The summed E-state index contributed by atoms with van der Waals surface area (Å²) in [5.41, 5.74) is 2.92. The number of thioether (sulfide) groups is 1. The molecule has 0 aliphatic heterocycles. The minimum absolute atomic E-state index is 0.530. The fraction of sp³-hybridized carbons (Fsp3) is 0.571. The maximum atomic E-state index is 5.30. The van der Waals surface area contributed by atoms with Gasteiger partial charge >= 0.3 is 0 Å². The van der Waals surface area contributed by atoms with Crippen LogP contribution in [-0.4, -0.2) is 25.7 Å². The predicted molar refractivity (Wildman–Crippen MR) is 75.1 cm³/mol. The molecular weight excluding hydrogens is 230 g/mol. The molecule has 1 atom stereocenters. The molecule has 1 aliphatic carbocycles. The van der Waals surface area contributed by atoms with Gasteiger partial charge in [-0.15, -0.1) is 0 Å². The van der Waals surface area contributed by atoms with Crippen LogP contribution in [-0.2, 0) is 6.42 Å². The van der Waals surface area contributed by atoms with E-state index in [1.165, 1.54) is 36.1 Å². The molecule has 3 heteroatoms. The summed E-state index contributed by atoms with van der Waals surface area (Å²) in [5.74, 6) is 2.21. The van der Waals surface area contributed by atoms with Crippen molar-refractivity contribution in [2.75, 3.05) is 25.7 Å². The van der Waals surface area contributed by atoms with Crippen LogP contribution in [0.3, 0.4) is 0 Å². The van der Waals surface area contributed by atoms with Crippen molar-refractivity contribution < 1.29 is 4.74 Å². The fourth-order valence-electron chi connectivity index (χ4n) is 2.41. The monoisotopic (exact) mass is 251 g/mol. The summed E-state index contributed by atoms with van der Waals surface area (Å²) in [5, 5.41) is 3.66. The van der Waals surface area contributed by atoms with Gasteiger partial charge < -0.3 is 10.1 Å². The van der Waals surface area contributed by atoms with Crippen LogP contribution in [0.4, 0.5) is 0 Å². The molecule has 0 amide bonds. The zero-order chi connectivity index (χ0) is 12.1. The second-order valence-corrected chi connectivity index (χ2v) is 5.44. The lowest BCUT2D eigenvalue weighted by Gasteiger charge is -2.14. The summed E-state index contributed by atoms with van der Waals surface area (Å²) in [4.78, 5) is 0. The fourth-order valence-corrected chi connectivity index (χ4v) is 2.85. The number of nitrogens with one attached hydrogen (secondary N) is 1. The Morgan fingerprint density at radius 1 is 1.47 bits per heavy atom. The lowest BCUT2D eigenvalue weighted by molar-refractivity contribution is 0.413. The first kappa shape index (κ1) is 12.8. The molecule has 0 saturated heterocycles. The summed E-state index contributed by atoms with van der Waals surface area (Å²) >= 11 is 1.92. The average molecular weight is 251 g/mol. The molecule has 1 N–H and O–H groups in total. The number of aryl methyl sites for hydroxylation is 1. The highest BCUT2D eigenvalue weighted by Gasteiger charge is 2.21. The highest BCUT2D eigenvalue weighted by molar-refractivity contribution is 7.98. The Balaban J connectivity index is 1.95. The van der Waals surface area contributed by atoms with Gasteiger partial charge in [-0.1, -0.05) is 6.07 Å². The Bertz CT molecular complexity index is 367. The van der Waals surface area contributed by atoms with Gasteiger partial charge in [0.15, 0.2) is 0 Å². The highest BCUT2D eigenvalue weighted by atomic mass is 32.2. The van der Waals surface area contributed by atoms with Gasteiger partial charge in [-0.2, -0.15) is 11.8 Å². The summed E-state index contributed by atoms with van der Waals surface area (Å²) in [6.07, 6.45) is 5.83. The van der Waals surface area contributed by atoms with Crippen molar-refractivity contribution in [2.45, 2.75) is 25.3 Å². The molecule has 0 radical (unpaired) electrons. The molecule has 1 aromatic rings. The van der Waals surface area contributed by atoms with E-state index >= 15 is 0 Å². The Morgan fingerprint density at radius 3 is 3.12 bits per heavy atom. The number of rotatable bonds is 6. The molecule has 94 valence electrons. The van der Waals surface area contributed by atoms with E-state index in [0.29, 0.717) is 6.04 Å². The maximum Gasteiger partial charge on any atom is 0.119 e. The van der Waals surface area contributed by atoms with Crippen LogP contribution < -0.4 is 10.1 Å². The first-order valence-corrected chi connectivity index (χ1v) is 7.63. The third-order valence-electron chi connectivity index (χ3n) is 3.35. The maximum absolute atomic E-state index is 5.30. The van der Waals surface area contributed by atoms with Gasteiger partial charge in [-0.3, -0.25) is 0 Å². The number of methoxy groups -OCH3 is 1. The quantitative estimate of drug-likeness (QED) is 0.785. The smallest absolute Gasteiger partial charge is 0.119 e. The topological polar surface area (TPSA) is 21.3 Å². The summed E-state index contributed by atoms with van der Waals surface area (Å²) in [6.45, 7) is 1.11. The molecule has 1 aromatic carbocycles. The van der Waals surface area contributed by atoms with E-state index < -0.39 is 0 Å². The van der Waals surface area contributed by atoms with E-state index in [2.05, 4.69) is 29.8 Å². The summed E-state index contributed by atoms with van der Waals surface area (Å²) in [6, 6.07) is 6.99. The average Bonchev–Trinajstić information content (AvgIpc) is 2.77. The van der Waals surface area contributed by atoms with E-state index in [1.54, 1.807) is 7.11 Å². The standard InChI is InChI=1S/C14H21NOS/c1-16-12-6-4-11-5-7-14(13(11)10-12)15-8-3-9-17-2/h4,6,10,14-15H,3,5,7-9H2,1-2H3. The Hall–Kier alpha value is -0.670. The molecule has 0 heterocycles. The molecule has 0 aromatic heterocycles. The van der Waals surface area contributed by atoms with Crippen molar-refractivity contribution in [3.8, 4) is 5.75 Å². The minimum Gasteiger partial charge on any atom is -0.497 e. The summed E-state index contributed by atoms with van der Waals surface area (Å²) in [7, 11) is 1.73. The molecule has 17 heavy (non-hydrogen) atoms. The first-order valence-electron chi connectivity index (χ1n) is 6.24. The minimum atomic E-state index is 0.530. The van der Waals surface area contributed by atoms with Crippen LogP contribution in [0.2, 0.25) is 0 Å². The lowest BCUT2D eigenvalue weighted by atomic mass is 10.1. The Labute approximate surface area is 108 Å². The van der Waals surface area contributed by atoms with E-state index in [0.717, 1.165) is 12.3 Å². The van der Waals surface area contributed by atoms with Gasteiger partial charge in [0.1, 0.15) is 5.75 Å². The van der Waals surface area contributed by atoms with Gasteiger partial charge in [-0.05, 0) is 61.1 Å². The largest absolute Gasteiger partial charge is 0.497 e. The second kappa shape index (κ2) is 6.31. The normalized spacial score (nSPS) is 18.1. The second-order valence-electron chi connectivity index (χ2n) is 4.46. The van der Waals surface area contributed by atoms with Crippen LogP contribution in [0.15, 0.2) is 18.2 Å². The van der Waals surface area contributed by atoms with Crippen molar-refractivity contribution in [1.82, 2.24) is 5.32 Å². The van der Waals surface area contributed by atoms with Crippen molar-refractivity contribution in [2.24, 2.45) is 0 Å². The molecule has 2 rings (SSSR count). The van der Waals surface area contributed by atoms with E-state index in [-0.39, 0.29) is 0 Å². The zero-order valence-corrected chi connectivity index (χ0v) is 11.5. The van der Waals surface area contributed by atoms with Gasteiger partial charge in [0.2, 0.25) is 0 Å². The number of ether oxygens (including phenoxy) is 1. The third-order valence-corrected chi connectivity index (χ3v) is 4.04. The van der Waals surface area contributed by atoms with Crippen molar-refractivity contribution in [3.05, 3.63) is 29.3 Å². The molecule has 1 unspecified atom stereocenters. The van der Waals surface area contributed by atoms with Gasteiger partial charge in [-0.25, -0.2) is 0 Å². The zero-order valence-electron chi connectivity index (χ0n) is 10.7. The van der Waals surface area contributed by atoms with Crippen molar-refractivity contribution in [1.29, 1.82) is 0 Å². The number of benzene rings is 1. The van der Waals surface area contributed by atoms with Gasteiger partial charge in [0.05, 0.1) is 7.11 Å². The highest BCUT2D eigenvalue weighted by Crippen LogP contribution is 2.33. The van der Waals surface area contributed by atoms with Crippen LogP contribution in [0, 0.1) is 0 Å². The number of hydrogen-bond acceptors (Lipinski definition) is 3. The van der Waals surface area contributed by atoms with Crippen molar-refractivity contribution in [3.63, 3.8) is 0 Å². The number of fused-ring (bicyclic) bond motifs is 1. The predicted octanol–water partition coefficient (Wildman–Crippen LogP) is 3.03. The molecule has 2 nitrogen and oxygen atoms in total. The van der Waals surface area contributed by atoms with E-state index in [1.807, 2.05) is 11.8 Å². The van der Waals surface area contributed by atoms with E-state index in [4.69, 9.17) is 4.74 Å². The van der Waals surface area contributed by atoms with Crippen LogP contribution in [0.1, 0.15) is 30.0 Å². The van der Waals surface area contributed by atoms with Crippen LogP contribution in [0.5, 0.6) is 5.75 Å². The van der Waals surface area contributed by atoms with Gasteiger partial charge in [0, 0.05) is 6.04 Å². The van der Waals surface area contributed by atoms with Crippen LogP contribution >= 0.6 is 11.8 Å². The molecule has 0 saturated carbocycles. The molecular formula is C14H21NOS. The third kappa shape index (κ3) is 3.17. The molecule has 0 bridgehead atoms. The van der Waals surface area contributed by atoms with Gasteiger partial charge in [0.25, 0.3) is 0 Å². The molecule has 0 fully saturated rings. The Kier molecular flexibility index (Phi) is 4.75. The molecule has 0 spiro atoms. The first-order chi connectivity index (χ1) is 8.35.